The third kappa shape index (κ3) is 2.03. The minimum Gasteiger partial charge on any atom is -0.289 e. The summed E-state index contributed by atoms with van der Waals surface area (Å²) in [5, 5.41) is 0. The Morgan fingerprint density at radius 3 is 2.38 bits per heavy atom. The zero-order valence-electron chi connectivity index (χ0n) is 9.23. The fraction of sp³-hybridized carbons (Fsp3) is 0.0667. The summed E-state index contributed by atoms with van der Waals surface area (Å²) in [7, 11) is 0. The number of ketones is 1. The third-order valence-corrected chi connectivity index (χ3v) is 2.54. The van der Waals surface area contributed by atoms with Crippen molar-refractivity contribution in [2.45, 2.75) is 6.92 Å². The summed E-state index contributed by atoms with van der Waals surface area (Å²) in [5.41, 5.74) is 3.29. The van der Waals surface area contributed by atoms with Gasteiger partial charge in [-0.3, -0.25) is 4.79 Å². The molecule has 2 rings (SSSR count). The zero-order chi connectivity index (χ0) is 11.5. The molecule has 0 aliphatic rings. The summed E-state index contributed by atoms with van der Waals surface area (Å²) in [4.78, 5) is 12.1. The van der Waals surface area contributed by atoms with Crippen LogP contribution in [0.3, 0.4) is 0 Å². The van der Waals surface area contributed by atoms with E-state index in [1.807, 2.05) is 55.5 Å². The highest BCUT2D eigenvalue weighted by Crippen LogP contribution is 2.15. The smallest absolute Gasteiger partial charge is 0.193 e. The molecule has 0 atom stereocenters. The maximum absolute atomic E-state index is 12.1. The van der Waals surface area contributed by atoms with Crippen molar-refractivity contribution >= 4 is 5.78 Å². The third-order valence-electron chi connectivity index (χ3n) is 2.54. The van der Waals surface area contributed by atoms with Crippen molar-refractivity contribution in [3.8, 4) is 0 Å². The van der Waals surface area contributed by atoms with Gasteiger partial charge in [-0.25, -0.2) is 0 Å². The predicted octanol–water partition coefficient (Wildman–Crippen LogP) is 3.41. The first kappa shape index (κ1) is 10.6. The van der Waals surface area contributed by atoms with Gasteiger partial charge in [0.05, 0.1) is 0 Å². The summed E-state index contributed by atoms with van der Waals surface area (Å²) in [6.07, 6.45) is 0. The molecule has 0 fully saturated rings. The van der Waals surface area contributed by atoms with E-state index in [0.29, 0.717) is 11.1 Å². The minimum atomic E-state index is 0.0330. The van der Waals surface area contributed by atoms with Crippen LogP contribution in [0, 0.1) is 13.8 Å². The summed E-state index contributed by atoms with van der Waals surface area (Å²) in [6.45, 7) is 5.90. The number of carbonyl (C=O) groups is 1. The van der Waals surface area contributed by atoms with Crippen LogP contribution in [0.2, 0.25) is 0 Å². The molecule has 0 N–H and O–H groups in total. The average molecular weight is 209 g/mol. The fourth-order valence-electron chi connectivity index (χ4n) is 1.69. The molecule has 1 radical (unpaired) electrons. The van der Waals surface area contributed by atoms with E-state index in [1.165, 1.54) is 0 Å². The van der Waals surface area contributed by atoms with Crippen molar-refractivity contribution in [1.29, 1.82) is 0 Å². The van der Waals surface area contributed by atoms with Crippen LogP contribution in [0.4, 0.5) is 0 Å². The van der Waals surface area contributed by atoms with Gasteiger partial charge in [0.25, 0.3) is 0 Å². The van der Waals surface area contributed by atoms with Crippen molar-refractivity contribution in [1.82, 2.24) is 0 Å². The summed E-state index contributed by atoms with van der Waals surface area (Å²) < 4.78 is 0. The molecule has 0 aromatic heterocycles. The standard InChI is InChI=1S/C15H13O/c1-11-8-9-14(12(2)10-11)15(16)13-6-4-3-5-7-13/h3-10H,2H2,1H3. The topological polar surface area (TPSA) is 17.1 Å². The molecule has 0 saturated heterocycles. The van der Waals surface area contributed by atoms with Crippen LogP contribution in [0.5, 0.6) is 0 Å². The minimum absolute atomic E-state index is 0.0330. The molecule has 1 heteroatoms. The highest BCUT2D eigenvalue weighted by atomic mass is 16.1. The van der Waals surface area contributed by atoms with Crippen LogP contribution in [-0.4, -0.2) is 5.78 Å². The first-order valence-corrected chi connectivity index (χ1v) is 5.21. The van der Waals surface area contributed by atoms with Gasteiger partial charge in [-0.05, 0) is 19.4 Å². The second kappa shape index (κ2) is 4.31. The van der Waals surface area contributed by atoms with Crippen molar-refractivity contribution in [2.75, 3.05) is 0 Å². The van der Waals surface area contributed by atoms with E-state index >= 15 is 0 Å². The van der Waals surface area contributed by atoms with E-state index in [-0.39, 0.29) is 5.78 Å². The summed E-state index contributed by atoms with van der Waals surface area (Å²) in [6, 6.07) is 15.0. The number of carbonyl (C=O) groups excluding carboxylic acids is 1. The second-order valence-corrected chi connectivity index (χ2v) is 3.86. The summed E-state index contributed by atoms with van der Waals surface area (Å²) >= 11 is 0. The number of aryl methyl sites for hydroxylation is 1. The molecule has 0 bridgehead atoms. The highest BCUT2D eigenvalue weighted by molar-refractivity contribution is 6.10. The Bertz CT molecular complexity index is 512. The monoisotopic (exact) mass is 209 g/mol. The largest absolute Gasteiger partial charge is 0.289 e. The number of hydrogen-bond acceptors (Lipinski definition) is 1. The Morgan fingerprint density at radius 1 is 1.06 bits per heavy atom. The number of hydrogen-bond donors (Lipinski definition) is 0. The van der Waals surface area contributed by atoms with Gasteiger partial charge in [0, 0.05) is 11.1 Å². The van der Waals surface area contributed by atoms with E-state index in [2.05, 4.69) is 6.92 Å². The average Bonchev–Trinajstić information content (AvgIpc) is 2.29. The molecule has 2 aromatic carbocycles. The molecule has 16 heavy (non-hydrogen) atoms. The van der Waals surface area contributed by atoms with Crippen LogP contribution in [0.25, 0.3) is 0 Å². The maximum atomic E-state index is 12.1. The van der Waals surface area contributed by atoms with Crippen molar-refractivity contribution in [3.63, 3.8) is 0 Å². The van der Waals surface area contributed by atoms with Gasteiger partial charge in [0.1, 0.15) is 0 Å². The van der Waals surface area contributed by atoms with Gasteiger partial charge in [-0.1, -0.05) is 54.1 Å². The molecule has 79 valence electrons. The van der Waals surface area contributed by atoms with E-state index in [0.717, 1.165) is 11.1 Å². The second-order valence-electron chi connectivity index (χ2n) is 3.86. The molecular formula is C15H13O. The lowest BCUT2D eigenvalue weighted by atomic mass is 9.98. The molecule has 0 amide bonds. The fourth-order valence-corrected chi connectivity index (χ4v) is 1.69. The Hall–Kier alpha value is -1.89. The van der Waals surface area contributed by atoms with Gasteiger partial charge < -0.3 is 0 Å². The lowest BCUT2D eigenvalue weighted by Crippen LogP contribution is -2.03. The lowest BCUT2D eigenvalue weighted by Gasteiger charge is -2.05. The molecule has 0 heterocycles. The SMILES string of the molecule is [CH2]c1cc(C)ccc1C(=O)c1ccccc1. The quantitative estimate of drug-likeness (QED) is 0.693. The molecule has 0 saturated carbocycles. The molecular weight excluding hydrogens is 196 g/mol. The Balaban J connectivity index is 2.42. The van der Waals surface area contributed by atoms with Crippen molar-refractivity contribution in [3.05, 3.63) is 77.7 Å². The van der Waals surface area contributed by atoms with Gasteiger partial charge >= 0.3 is 0 Å². The first-order valence-electron chi connectivity index (χ1n) is 5.21. The van der Waals surface area contributed by atoms with Gasteiger partial charge in [-0.15, -0.1) is 0 Å². The van der Waals surface area contributed by atoms with Crippen molar-refractivity contribution < 1.29 is 4.79 Å². The molecule has 0 spiro atoms. The predicted molar refractivity (Wildman–Crippen MR) is 65.5 cm³/mol. The molecule has 2 aromatic rings. The molecule has 0 aliphatic heterocycles. The van der Waals surface area contributed by atoms with Crippen molar-refractivity contribution in [2.24, 2.45) is 0 Å². The van der Waals surface area contributed by atoms with Gasteiger partial charge in [-0.2, -0.15) is 0 Å². The van der Waals surface area contributed by atoms with Crippen LogP contribution >= 0.6 is 0 Å². The lowest BCUT2D eigenvalue weighted by molar-refractivity contribution is 0.103. The van der Waals surface area contributed by atoms with Crippen LogP contribution < -0.4 is 0 Å². The van der Waals surface area contributed by atoms with E-state index in [1.54, 1.807) is 0 Å². The van der Waals surface area contributed by atoms with E-state index in [9.17, 15) is 4.79 Å². The zero-order valence-corrected chi connectivity index (χ0v) is 9.23. The molecule has 1 nitrogen and oxygen atoms in total. The van der Waals surface area contributed by atoms with Crippen LogP contribution in [0.1, 0.15) is 27.0 Å². The first-order chi connectivity index (χ1) is 7.68. The Kier molecular flexibility index (Phi) is 2.86. The van der Waals surface area contributed by atoms with E-state index < -0.39 is 0 Å². The van der Waals surface area contributed by atoms with Gasteiger partial charge in [0.2, 0.25) is 0 Å². The van der Waals surface area contributed by atoms with Crippen LogP contribution in [0.15, 0.2) is 48.5 Å². The highest BCUT2D eigenvalue weighted by Gasteiger charge is 2.10. The molecule has 0 unspecified atom stereocenters. The normalized spacial score (nSPS) is 10.1. The molecule has 0 aliphatic carbocycles. The number of benzene rings is 2. The maximum Gasteiger partial charge on any atom is 0.193 e. The Morgan fingerprint density at radius 2 is 1.75 bits per heavy atom. The van der Waals surface area contributed by atoms with Gasteiger partial charge in [0.15, 0.2) is 5.78 Å². The Labute approximate surface area is 95.7 Å². The van der Waals surface area contributed by atoms with Crippen LogP contribution in [-0.2, 0) is 0 Å². The number of rotatable bonds is 2. The summed E-state index contributed by atoms with van der Waals surface area (Å²) in [5.74, 6) is 0.0330. The van der Waals surface area contributed by atoms with E-state index in [4.69, 9.17) is 0 Å².